The second-order valence-electron chi connectivity index (χ2n) is 5.76. The number of hydrogen-bond donors (Lipinski definition) is 0. The van der Waals surface area contributed by atoms with Crippen LogP contribution in [0.5, 0.6) is 5.75 Å². The van der Waals surface area contributed by atoms with E-state index in [1.54, 1.807) is 11.4 Å². The molecular weight excluding hydrogens is 290 g/mol. The number of benzene rings is 1. The highest BCUT2D eigenvalue weighted by Gasteiger charge is 2.54. The molecule has 1 saturated heterocycles. The van der Waals surface area contributed by atoms with Crippen LogP contribution in [-0.2, 0) is 21.2 Å². The molecule has 1 saturated carbocycles. The Morgan fingerprint density at radius 2 is 2.00 bits per heavy atom. The molecule has 1 aromatic rings. The monoisotopic (exact) mass is 311 g/mol. The SMILES string of the molecule is COc1ccc(CCS(=O)(=O)N2CCOCC23CC3)cc1. The number of aryl methyl sites for hydroxylation is 1. The van der Waals surface area contributed by atoms with Crippen molar-refractivity contribution in [3.63, 3.8) is 0 Å². The molecule has 0 bridgehead atoms. The van der Waals surface area contributed by atoms with Gasteiger partial charge in [-0.05, 0) is 37.0 Å². The minimum Gasteiger partial charge on any atom is -0.497 e. The zero-order valence-electron chi connectivity index (χ0n) is 12.2. The van der Waals surface area contributed by atoms with Gasteiger partial charge >= 0.3 is 0 Å². The molecule has 2 fully saturated rings. The predicted octanol–water partition coefficient (Wildman–Crippen LogP) is 1.43. The molecule has 0 N–H and O–H groups in total. The second kappa shape index (κ2) is 5.59. The molecule has 0 radical (unpaired) electrons. The van der Waals surface area contributed by atoms with Crippen molar-refractivity contribution in [3.8, 4) is 5.75 Å². The third kappa shape index (κ3) is 3.07. The minimum atomic E-state index is -3.22. The highest BCUT2D eigenvalue weighted by atomic mass is 32.2. The first-order valence-electron chi connectivity index (χ1n) is 7.27. The Morgan fingerprint density at radius 3 is 2.62 bits per heavy atom. The van der Waals surface area contributed by atoms with Crippen molar-refractivity contribution in [2.24, 2.45) is 0 Å². The molecule has 0 amide bonds. The van der Waals surface area contributed by atoms with E-state index in [-0.39, 0.29) is 11.3 Å². The third-order valence-corrected chi connectivity index (χ3v) is 6.27. The second-order valence-corrected chi connectivity index (χ2v) is 7.78. The van der Waals surface area contributed by atoms with E-state index in [1.165, 1.54) is 0 Å². The van der Waals surface area contributed by atoms with Crippen molar-refractivity contribution in [3.05, 3.63) is 29.8 Å². The number of methoxy groups -OCH3 is 1. The van der Waals surface area contributed by atoms with Crippen molar-refractivity contribution in [2.45, 2.75) is 24.8 Å². The zero-order chi connectivity index (χ0) is 14.9. The van der Waals surface area contributed by atoms with Crippen LogP contribution in [0.1, 0.15) is 18.4 Å². The molecule has 3 rings (SSSR count). The Morgan fingerprint density at radius 1 is 1.29 bits per heavy atom. The van der Waals surface area contributed by atoms with Crippen LogP contribution in [0.3, 0.4) is 0 Å². The topological polar surface area (TPSA) is 55.8 Å². The van der Waals surface area contributed by atoms with Gasteiger partial charge in [0.1, 0.15) is 5.75 Å². The average molecular weight is 311 g/mol. The Bertz CT molecular complexity index is 593. The van der Waals surface area contributed by atoms with Crippen LogP contribution in [0.4, 0.5) is 0 Å². The minimum absolute atomic E-state index is 0.154. The van der Waals surface area contributed by atoms with E-state index in [0.717, 1.165) is 24.2 Å². The molecule has 0 unspecified atom stereocenters. The number of hydrogen-bond acceptors (Lipinski definition) is 4. The van der Waals surface area contributed by atoms with Crippen molar-refractivity contribution >= 4 is 10.0 Å². The molecule has 1 aliphatic carbocycles. The van der Waals surface area contributed by atoms with Gasteiger partial charge in [-0.2, -0.15) is 4.31 Å². The predicted molar refractivity (Wildman–Crippen MR) is 80.0 cm³/mol. The molecule has 0 atom stereocenters. The molecule has 5 nitrogen and oxygen atoms in total. The lowest BCUT2D eigenvalue weighted by Crippen LogP contribution is -2.51. The summed E-state index contributed by atoms with van der Waals surface area (Å²) in [5.41, 5.74) is 0.786. The quantitative estimate of drug-likeness (QED) is 0.825. The lowest BCUT2D eigenvalue weighted by molar-refractivity contribution is 0.0214. The van der Waals surface area contributed by atoms with Gasteiger partial charge in [-0.25, -0.2) is 8.42 Å². The maximum absolute atomic E-state index is 12.6. The zero-order valence-corrected chi connectivity index (χ0v) is 13.1. The summed E-state index contributed by atoms with van der Waals surface area (Å²) in [6.07, 6.45) is 2.38. The fourth-order valence-corrected chi connectivity index (χ4v) is 4.73. The van der Waals surface area contributed by atoms with E-state index in [9.17, 15) is 8.42 Å². The maximum Gasteiger partial charge on any atom is 0.215 e. The van der Waals surface area contributed by atoms with Gasteiger partial charge in [0.15, 0.2) is 0 Å². The highest BCUT2D eigenvalue weighted by molar-refractivity contribution is 7.89. The van der Waals surface area contributed by atoms with Gasteiger partial charge in [-0.3, -0.25) is 0 Å². The summed E-state index contributed by atoms with van der Waals surface area (Å²) in [6, 6.07) is 7.55. The molecule has 2 aliphatic rings. The molecule has 21 heavy (non-hydrogen) atoms. The summed E-state index contributed by atoms with van der Waals surface area (Å²) in [7, 11) is -1.60. The standard InChI is InChI=1S/C15H21NO4S/c1-19-14-4-2-13(3-5-14)6-11-21(17,18)16-9-10-20-12-15(16)7-8-15/h2-5H,6-12H2,1H3. The molecule has 6 heteroatoms. The Labute approximate surface area is 125 Å². The number of sulfonamides is 1. The summed E-state index contributed by atoms with van der Waals surface area (Å²) in [4.78, 5) is 0. The van der Waals surface area contributed by atoms with E-state index in [1.807, 2.05) is 24.3 Å². The number of nitrogens with zero attached hydrogens (tertiary/aromatic N) is 1. The molecule has 116 valence electrons. The van der Waals surface area contributed by atoms with E-state index in [0.29, 0.717) is 26.2 Å². The number of ether oxygens (including phenoxy) is 2. The van der Waals surface area contributed by atoms with E-state index >= 15 is 0 Å². The molecule has 1 heterocycles. The Balaban J connectivity index is 1.65. The van der Waals surface area contributed by atoms with Crippen molar-refractivity contribution in [1.82, 2.24) is 4.31 Å². The van der Waals surface area contributed by atoms with Crippen molar-refractivity contribution < 1.29 is 17.9 Å². The van der Waals surface area contributed by atoms with E-state index in [2.05, 4.69) is 0 Å². The summed E-state index contributed by atoms with van der Waals surface area (Å²) in [6.45, 7) is 1.54. The van der Waals surface area contributed by atoms with Gasteiger partial charge in [0.05, 0.1) is 31.6 Å². The van der Waals surface area contributed by atoms with Gasteiger partial charge in [0.2, 0.25) is 10.0 Å². The van der Waals surface area contributed by atoms with Crippen LogP contribution in [0.25, 0.3) is 0 Å². The third-order valence-electron chi connectivity index (χ3n) is 4.31. The number of rotatable bonds is 5. The van der Waals surface area contributed by atoms with Gasteiger partial charge < -0.3 is 9.47 Å². The van der Waals surface area contributed by atoms with Gasteiger partial charge in [-0.15, -0.1) is 0 Å². The first-order valence-corrected chi connectivity index (χ1v) is 8.88. The van der Waals surface area contributed by atoms with Crippen molar-refractivity contribution in [1.29, 1.82) is 0 Å². The van der Waals surface area contributed by atoms with Crippen LogP contribution < -0.4 is 4.74 Å². The smallest absolute Gasteiger partial charge is 0.215 e. The van der Waals surface area contributed by atoms with Gasteiger partial charge in [-0.1, -0.05) is 12.1 Å². The van der Waals surface area contributed by atoms with Gasteiger partial charge in [0.25, 0.3) is 0 Å². The number of morpholine rings is 1. The lowest BCUT2D eigenvalue weighted by atomic mass is 10.2. The lowest BCUT2D eigenvalue weighted by Gasteiger charge is -2.35. The van der Waals surface area contributed by atoms with Crippen LogP contribution >= 0.6 is 0 Å². The van der Waals surface area contributed by atoms with Crippen molar-refractivity contribution in [2.75, 3.05) is 32.6 Å². The average Bonchev–Trinajstić information content (AvgIpc) is 3.25. The molecule has 1 aromatic carbocycles. The van der Waals surface area contributed by atoms with E-state index < -0.39 is 10.0 Å². The Kier molecular flexibility index (Phi) is 3.94. The Hall–Kier alpha value is -1.11. The molecule has 1 spiro atoms. The summed E-state index contributed by atoms with van der Waals surface area (Å²) in [5.74, 6) is 0.938. The highest BCUT2D eigenvalue weighted by Crippen LogP contribution is 2.45. The first-order chi connectivity index (χ1) is 10.1. The molecular formula is C15H21NO4S. The van der Waals surface area contributed by atoms with E-state index in [4.69, 9.17) is 9.47 Å². The molecule has 1 aliphatic heterocycles. The van der Waals surface area contributed by atoms with Crippen LogP contribution in [0.2, 0.25) is 0 Å². The van der Waals surface area contributed by atoms with Gasteiger partial charge in [0, 0.05) is 6.54 Å². The fraction of sp³-hybridized carbons (Fsp3) is 0.600. The summed E-state index contributed by atoms with van der Waals surface area (Å²) in [5, 5.41) is 0. The molecule has 0 aromatic heterocycles. The maximum atomic E-state index is 12.6. The summed E-state index contributed by atoms with van der Waals surface area (Å²) >= 11 is 0. The van der Waals surface area contributed by atoms with Crippen LogP contribution in [-0.4, -0.2) is 50.9 Å². The largest absolute Gasteiger partial charge is 0.497 e. The first kappa shape index (κ1) is 14.8. The fourth-order valence-electron chi connectivity index (χ4n) is 2.84. The summed E-state index contributed by atoms with van der Waals surface area (Å²) < 4.78 is 37.4. The van der Waals surface area contributed by atoms with Crippen LogP contribution in [0.15, 0.2) is 24.3 Å². The normalized spacial score (nSPS) is 21.4. The van der Waals surface area contributed by atoms with Crippen LogP contribution in [0, 0.1) is 0 Å².